The number of rotatable bonds is 1. The first-order chi connectivity index (χ1) is 8.07. The van der Waals surface area contributed by atoms with Gasteiger partial charge in [0.25, 0.3) is 0 Å². The highest BCUT2D eigenvalue weighted by Crippen LogP contribution is 2.45. The van der Waals surface area contributed by atoms with E-state index in [2.05, 4.69) is 0 Å². The fraction of sp³-hybridized carbons (Fsp3) is 0.231. The van der Waals surface area contributed by atoms with E-state index in [4.69, 9.17) is 4.42 Å². The minimum atomic E-state index is -4.43. The third-order valence-corrected chi connectivity index (χ3v) is 3.01. The number of hydrogen-bond acceptors (Lipinski definition) is 1. The Morgan fingerprint density at radius 2 is 1.71 bits per heavy atom. The molecule has 0 N–H and O–H groups in total. The van der Waals surface area contributed by atoms with E-state index in [0.29, 0.717) is 29.7 Å². The van der Waals surface area contributed by atoms with E-state index in [-0.39, 0.29) is 5.56 Å². The van der Waals surface area contributed by atoms with Gasteiger partial charge < -0.3 is 4.42 Å². The van der Waals surface area contributed by atoms with E-state index >= 15 is 0 Å². The van der Waals surface area contributed by atoms with Crippen molar-refractivity contribution < 1.29 is 17.6 Å². The lowest BCUT2D eigenvalue weighted by atomic mass is 9.89. The summed E-state index contributed by atoms with van der Waals surface area (Å²) in [6.45, 7) is 0. The highest BCUT2D eigenvalue weighted by atomic mass is 19.4. The van der Waals surface area contributed by atoms with Crippen LogP contribution in [0.15, 0.2) is 34.7 Å². The molecule has 0 spiro atoms. The fourth-order valence-corrected chi connectivity index (χ4v) is 2.15. The lowest BCUT2D eigenvalue weighted by molar-refractivity contribution is -0.152. The van der Waals surface area contributed by atoms with Crippen LogP contribution < -0.4 is 0 Å². The molecule has 1 nitrogen and oxygen atoms in total. The zero-order chi connectivity index (χ0) is 12.0. The van der Waals surface area contributed by atoms with Crippen LogP contribution in [0.4, 0.5) is 13.2 Å². The van der Waals surface area contributed by atoms with E-state index in [9.17, 15) is 13.2 Å². The zero-order valence-corrected chi connectivity index (χ0v) is 8.84. The van der Waals surface area contributed by atoms with Gasteiger partial charge in [0.2, 0.25) is 5.76 Å². The molecule has 1 aliphatic rings. The molecule has 4 heteroatoms. The molecule has 3 rings (SSSR count). The Hall–Kier alpha value is -1.71. The average Bonchev–Trinajstić information content (AvgIpc) is 2.51. The summed E-state index contributed by atoms with van der Waals surface area (Å²) in [5.74, 6) is -0.373. The van der Waals surface area contributed by atoms with Crippen molar-refractivity contribution in [2.45, 2.75) is 19.0 Å². The normalized spacial score (nSPS) is 14.3. The molecule has 1 aliphatic carbocycles. The SMILES string of the molecule is FC(F)(F)c1oc2c(c1-c1ccccc1)CC2. The summed E-state index contributed by atoms with van der Waals surface area (Å²) < 4.78 is 43.5. The van der Waals surface area contributed by atoms with Crippen molar-refractivity contribution in [1.82, 2.24) is 0 Å². The van der Waals surface area contributed by atoms with Gasteiger partial charge in [0.05, 0.1) is 0 Å². The Morgan fingerprint density at radius 1 is 1.00 bits per heavy atom. The summed E-state index contributed by atoms with van der Waals surface area (Å²) in [6, 6.07) is 8.60. The van der Waals surface area contributed by atoms with Crippen LogP contribution in [-0.2, 0) is 19.0 Å². The molecule has 0 unspecified atom stereocenters. The van der Waals surface area contributed by atoms with Crippen molar-refractivity contribution in [3.05, 3.63) is 47.4 Å². The number of hydrogen-bond donors (Lipinski definition) is 0. The molecule has 0 amide bonds. The van der Waals surface area contributed by atoms with Gasteiger partial charge in [0.15, 0.2) is 0 Å². The number of alkyl halides is 3. The Labute approximate surface area is 95.9 Å². The molecular weight excluding hydrogens is 229 g/mol. The summed E-state index contributed by atoms with van der Waals surface area (Å²) in [5, 5.41) is 0. The van der Waals surface area contributed by atoms with E-state index < -0.39 is 11.9 Å². The van der Waals surface area contributed by atoms with Crippen LogP contribution in [0.5, 0.6) is 0 Å². The number of furan rings is 1. The highest BCUT2D eigenvalue weighted by Gasteiger charge is 2.42. The predicted molar refractivity (Wildman–Crippen MR) is 56.6 cm³/mol. The maximum Gasteiger partial charge on any atom is 0.450 e. The minimum absolute atomic E-state index is 0.222. The first kappa shape index (κ1) is 10.4. The van der Waals surface area contributed by atoms with Crippen LogP contribution in [0.3, 0.4) is 0 Å². The summed E-state index contributed by atoms with van der Waals surface area (Å²) >= 11 is 0. The van der Waals surface area contributed by atoms with Gasteiger partial charge in [-0.3, -0.25) is 0 Å². The van der Waals surface area contributed by atoms with Gasteiger partial charge in [-0.05, 0) is 12.0 Å². The van der Waals surface area contributed by atoms with E-state index in [1.54, 1.807) is 30.3 Å². The Morgan fingerprint density at radius 3 is 2.24 bits per heavy atom. The van der Waals surface area contributed by atoms with Gasteiger partial charge >= 0.3 is 6.18 Å². The average molecular weight is 238 g/mol. The molecule has 0 atom stereocenters. The Bertz CT molecular complexity index is 552. The molecule has 1 aromatic carbocycles. The number of aryl methyl sites for hydroxylation is 1. The smallest absolute Gasteiger partial charge is 0.450 e. The molecule has 17 heavy (non-hydrogen) atoms. The van der Waals surface area contributed by atoms with Gasteiger partial charge in [0.1, 0.15) is 5.76 Å². The summed E-state index contributed by atoms with van der Waals surface area (Å²) in [5.41, 5.74) is 1.51. The second-order valence-electron chi connectivity index (χ2n) is 4.07. The van der Waals surface area contributed by atoms with Gasteiger partial charge in [0, 0.05) is 17.5 Å². The first-order valence-corrected chi connectivity index (χ1v) is 5.34. The predicted octanol–water partition coefficient (Wildman–Crippen LogP) is 4.06. The van der Waals surface area contributed by atoms with E-state index in [1.807, 2.05) is 0 Å². The van der Waals surface area contributed by atoms with E-state index in [0.717, 1.165) is 0 Å². The van der Waals surface area contributed by atoms with Crippen LogP contribution in [0.2, 0.25) is 0 Å². The molecular formula is C13H9F3O. The zero-order valence-electron chi connectivity index (χ0n) is 8.84. The summed E-state index contributed by atoms with van der Waals surface area (Å²) in [6.07, 6.45) is -3.16. The highest BCUT2D eigenvalue weighted by molar-refractivity contribution is 5.72. The molecule has 0 saturated carbocycles. The number of fused-ring (bicyclic) bond motifs is 1. The summed E-state index contributed by atoms with van der Waals surface area (Å²) in [7, 11) is 0. The van der Waals surface area contributed by atoms with Crippen molar-refractivity contribution in [2.24, 2.45) is 0 Å². The van der Waals surface area contributed by atoms with Gasteiger partial charge in [-0.2, -0.15) is 13.2 Å². The first-order valence-electron chi connectivity index (χ1n) is 5.34. The quantitative estimate of drug-likeness (QED) is 0.730. The van der Waals surface area contributed by atoms with Crippen molar-refractivity contribution >= 4 is 0 Å². The monoisotopic (exact) mass is 238 g/mol. The third-order valence-electron chi connectivity index (χ3n) is 3.01. The standard InChI is InChI=1S/C13H9F3O/c14-13(15,16)12-11(8-4-2-1-3-5-8)9-6-7-10(9)17-12/h1-5H,6-7H2. The van der Waals surface area contributed by atoms with Crippen molar-refractivity contribution in [2.75, 3.05) is 0 Å². The second-order valence-corrected chi connectivity index (χ2v) is 4.07. The number of benzene rings is 1. The van der Waals surface area contributed by atoms with Crippen LogP contribution in [0.1, 0.15) is 17.1 Å². The largest absolute Gasteiger partial charge is 0.456 e. The molecule has 0 fully saturated rings. The molecule has 0 saturated heterocycles. The molecule has 1 heterocycles. The summed E-state index contributed by atoms with van der Waals surface area (Å²) in [4.78, 5) is 0. The molecule has 88 valence electrons. The number of halogens is 3. The lowest BCUT2D eigenvalue weighted by Crippen LogP contribution is -2.06. The van der Waals surface area contributed by atoms with Crippen molar-refractivity contribution in [1.29, 1.82) is 0 Å². The maximum atomic E-state index is 12.9. The van der Waals surface area contributed by atoms with Gasteiger partial charge in [-0.25, -0.2) is 0 Å². The van der Waals surface area contributed by atoms with Crippen LogP contribution in [0.25, 0.3) is 11.1 Å². The lowest BCUT2D eigenvalue weighted by Gasteiger charge is -2.12. The molecule has 0 radical (unpaired) electrons. The van der Waals surface area contributed by atoms with Crippen LogP contribution in [0, 0.1) is 0 Å². The van der Waals surface area contributed by atoms with Gasteiger partial charge in [-0.15, -0.1) is 0 Å². The van der Waals surface area contributed by atoms with Gasteiger partial charge in [-0.1, -0.05) is 30.3 Å². The molecule has 2 aromatic rings. The maximum absolute atomic E-state index is 12.9. The Balaban J connectivity index is 2.22. The van der Waals surface area contributed by atoms with Crippen molar-refractivity contribution in [3.63, 3.8) is 0 Å². The second kappa shape index (κ2) is 3.39. The molecule has 0 bridgehead atoms. The van der Waals surface area contributed by atoms with E-state index in [1.165, 1.54) is 0 Å². The topological polar surface area (TPSA) is 13.1 Å². The van der Waals surface area contributed by atoms with Crippen LogP contribution >= 0.6 is 0 Å². The Kier molecular flexibility index (Phi) is 2.08. The van der Waals surface area contributed by atoms with Crippen molar-refractivity contribution in [3.8, 4) is 11.1 Å². The molecule has 0 aliphatic heterocycles. The minimum Gasteiger partial charge on any atom is -0.456 e. The third kappa shape index (κ3) is 1.55. The fourth-order valence-electron chi connectivity index (χ4n) is 2.15. The van der Waals surface area contributed by atoms with Crippen LogP contribution in [-0.4, -0.2) is 0 Å². The molecule has 1 aromatic heterocycles.